The molecule has 15 heavy (non-hydrogen) atoms. The summed E-state index contributed by atoms with van der Waals surface area (Å²) in [6.07, 6.45) is -0.907. The second-order valence-corrected chi connectivity index (χ2v) is 4.27. The van der Waals surface area contributed by atoms with Crippen LogP contribution in [0.25, 0.3) is 0 Å². The molecule has 5 heteroatoms. The van der Waals surface area contributed by atoms with Crippen LogP contribution in [0.1, 0.15) is 12.8 Å². The van der Waals surface area contributed by atoms with Gasteiger partial charge in [-0.15, -0.1) is 0 Å². The quantitative estimate of drug-likeness (QED) is 0.710. The predicted molar refractivity (Wildman–Crippen MR) is 53.9 cm³/mol. The zero-order chi connectivity index (χ0) is 11.4. The zero-order valence-corrected chi connectivity index (χ0v) is 9.25. The molecule has 0 saturated carbocycles. The Morgan fingerprint density at radius 2 is 2.00 bits per heavy atom. The minimum atomic E-state index is -2.87. The number of rotatable bonds is 3. The van der Waals surface area contributed by atoms with Gasteiger partial charge in [-0.1, -0.05) is 0 Å². The lowest BCUT2D eigenvalue weighted by atomic mass is 9.97. The molecule has 0 aliphatic carbocycles. The molecule has 0 bridgehead atoms. The van der Waals surface area contributed by atoms with Crippen molar-refractivity contribution in [3.63, 3.8) is 0 Å². The summed E-state index contributed by atoms with van der Waals surface area (Å²) in [7, 11) is 3.50. The third-order valence-electron chi connectivity index (χ3n) is 2.93. The molecule has 1 saturated heterocycles. The molecule has 88 valence electrons. The van der Waals surface area contributed by atoms with E-state index in [1.54, 1.807) is 0 Å². The van der Waals surface area contributed by atoms with Crippen molar-refractivity contribution in [2.75, 3.05) is 33.7 Å². The van der Waals surface area contributed by atoms with Gasteiger partial charge in [-0.3, -0.25) is 4.79 Å². The van der Waals surface area contributed by atoms with Crippen LogP contribution in [-0.4, -0.2) is 55.9 Å². The van der Waals surface area contributed by atoms with E-state index >= 15 is 0 Å². The van der Waals surface area contributed by atoms with Crippen LogP contribution in [0.15, 0.2) is 0 Å². The largest absolute Gasteiger partial charge is 0.341 e. The molecular weight excluding hydrogens is 202 g/mol. The van der Waals surface area contributed by atoms with Crippen LogP contribution in [0.5, 0.6) is 0 Å². The first-order chi connectivity index (χ1) is 7.00. The number of carbonyl (C=O) groups excluding carboxylic acids is 1. The number of hydrogen-bond donors (Lipinski definition) is 0. The number of piperidine rings is 1. The molecule has 0 aromatic heterocycles. The van der Waals surface area contributed by atoms with Gasteiger partial charge in [0.1, 0.15) is 0 Å². The van der Waals surface area contributed by atoms with Gasteiger partial charge in [-0.2, -0.15) is 8.78 Å². The molecule has 0 atom stereocenters. The molecule has 0 spiro atoms. The van der Waals surface area contributed by atoms with Crippen LogP contribution in [0.4, 0.5) is 8.78 Å². The van der Waals surface area contributed by atoms with Crippen LogP contribution >= 0.6 is 0 Å². The summed E-state index contributed by atoms with van der Waals surface area (Å²) in [6, 6.07) is 0. The van der Waals surface area contributed by atoms with Gasteiger partial charge in [-0.25, -0.2) is 0 Å². The molecule has 3 nitrogen and oxygen atoms in total. The molecule has 0 aromatic carbocycles. The summed E-state index contributed by atoms with van der Waals surface area (Å²) in [5.74, 6) is -0.692. The Morgan fingerprint density at radius 3 is 2.47 bits per heavy atom. The lowest BCUT2D eigenvalue weighted by Gasteiger charge is -2.31. The van der Waals surface area contributed by atoms with Crippen molar-refractivity contribution in [3.05, 3.63) is 0 Å². The lowest BCUT2D eigenvalue weighted by molar-refractivity contribution is -0.142. The smallest absolute Gasteiger partial charge is 0.315 e. The maximum Gasteiger partial charge on any atom is 0.315 e. The zero-order valence-electron chi connectivity index (χ0n) is 9.25. The monoisotopic (exact) mass is 220 g/mol. The van der Waals surface area contributed by atoms with Crippen LogP contribution in [-0.2, 0) is 4.79 Å². The van der Waals surface area contributed by atoms with Crippen LogP contribution in [0.3, 0.4) is 0 Å². The fourth-order valence-corrected chi connectivity index (χ4v) is 1.89. The average molecular weight is 220 g/mol. The highest BCUT2D eigenvalue weighted by Crippen LogP contribution is 2.17. The minimum Gasteiger partial charge on any atom is -0.341 e. The second kappa shape index (κ2) is 5.39. The minimum absolute atomic E-state index is 0.369. The molecule has 0 aromatic rings. The fourth-order valence-electron chi connectivity index (χ4n) is 1.89. The first-order valence-electron chi connectivity index (χ1n) is 5.22. The van der Waals surface area contributed by atoms with Crippen molar-refractivity contribution < 1.29 is 13.6 Å². The first kappa shape index (κ1) is 12.4. The molecule has 1 heterocycles. The van der Waals surface area contributed by atoms with Crippen molar-refractivity contribution in [1.29, 1.82) is 0 Å². The van der Waals surface area contributed by atoms with Crippen molar-refractivity contribution in [1.82, 2.24) is 9.80 Å². The maximum absolute atomic E-state index is 12.1. The van der Waals surface area contributed by atoms with Crippen LogP contribution in [0, 0.1) is 5.92 Å². The molecular formula is C10H18F2N2O. The van der Waals surface area contributed by atoms with E-state index in [0.717, 1.165) is 30.8 Å². The number of hydrogen-bond acceptors (Lipinski definition) is 2. The van der Waals surface area contributed by atoms with E-state index in [1.165, 1.54) is 7.05 Å². The third-order valence-corrected chi connectivity index (χ3v) is 2.93. The lowest BCUT2D eigenvalue weighted by Crippen LogP contribution is -2.39. The second-order valence-electron chi connectivity index (χ2n) is 4.27. The molecule has 1 amide bonds. The van der Waals surface area contributed by atoms with Gasteiger partial charge < -0.3 is 9.80 Å². The van der Waals surface area contributed by atoms with Gasteiger partial charge in [-0.05, 0) is 38.9 Å². The molecule has 0 unspecified atom stereocenters. The van der Waals surface area contributed by atoms with Crippen molar-refractivity contribution in [3.8, 4) is 0 Å². The molecule has 1 fully saturated rings. The Morgan fingerprint density at radius 1 is 1.47 bits per heavy atom. The van der Waals surface area contributed by atoms with E-state index in [1.807, 2.05) is 7.05 Å². The van der Waals surface area contributed by atoms with Crippen molar-refractivity contribution in [2.45, 2.75) is 19.3 Å². The Balaban J connectivity index is 2.32. The normalized spacial score (nSPS) is 19.5. The van der Waals surface area contributed by atoms with E-state index in [-0.39, 0.29) is 0 Å². The highest BCUT2D eigenvalue weighted by molar-refractivity contribution is 5.78. The summed E-state index contributed by atoms with van der Waals surface area (Å²) in [6.45, 7) is 2.43. The molecule has 1 aliphatic heterocycles. The number of alkyl halides is 2. The molecule has 0 radical (unpaired) electrons. The SMILES string of the molecule is CN1CCC(CN(C)C(=O)C(F)F)CC1. The van der Waals surface area contributed by atoms with Gasteiger partial charge in [0.2, 0.25) is 0 Å². The topological polar surface area (TPSA) is 23.6 Å². The third kappa shape index (κ3) is 3.74. The molecule has 0 N–H and O–H groups in total. The summed E-state index contributed by atoms with van der Waals surface area (Å²) < 4.78 is 24.2. The van der Waals surface area contributed by atoms with E-state index in [2.05, 4.69) is 4.90 Å². The number of nitrogens with zero attached hydrogens (tertiary/aromatic N) is 2. The Labute approximate surface area is 89.0 Å². The molecule has 1 aliphatic rings. The van der Waals surface area contributed by atoms with Gasteiger partial charge in [0.05, 0.1) is 0 Å². The van der Waals surface area contributed by atoms with Crippen LogP contribution in [0.2, 0.25) is 0 Å². The Bertz CT molecular complexity index is 215. The van der Waals surface area contributed by atoms with E-state index < -0.39 is 12.3 Å². The van der Waals surface area contributed by atoms with Crippen molar-refractivity contribution in [2.24, 2.45) is 5.92 Å². The number of carbonyl (C=O) groups is 1. The Kier molecular flexibility index (Phi) is 4.45. The van der Waals surface area contributed by atoms with E-state index in [4.69, 9.17) is 0 Å². The van der Waals surface area contributed by atoms with Gasteiger partial charge in [0, 0.05) is 13.6 Å². The summed E-state index contributed by atoms with van der Waals surface area (Å²) in [5, 5.41) is 0. The average Bonchev–Trinajstić information content (AvgIpc) is 2.20. The highest BCUT2D eigenvalue weighted by Gasteiger charge is 2.24. The molecule has 1 rings (SSSR count). The Hall–Kier alpha value is -0.710. The summed E-state index contributed by atoms with van der Waals surface area (Å²) in [4.78, 5) is 14.3. The van der Waals surface area contributed by atoms with Gasteiger partial charge in [0.15, 0.2) is 0 Å². The van der Waals surface area contributed by atoms with Gasteiger partial charge in [0.25, 0.3) is 5.91 Å². The van der Waals surface area contributed by atoms with Crippen LogP contribution < -0.4 is 0 Å². The van der Waals surface area contributed by atoms with E-state index in [0.29, 0.717) is 12.5 Å². The summed E-state index contributed by atoms with van der Waals surface area (Å²) >= 11 is 0. The summed E-state index contributed by atoms with van der Waals surface area (Å²) in [5.41, 5.74) is 0. The first-order valence-corrected chi connectivity index (χ1v) is 5.22. The van der Waals surface area contributed by atoms with Crippen molar-refractivity contribution >= 4 is 5.91 Å². The number of likely N-dealkylation sites (tertiary alicyclic amines) is 1. The maximum atomic E-state index is 12.1. The number of halogens is 2. The highest BCUT2D eigenvalue weighted by atomic mass is 19.3. The number of amides is 1. The van der Waals surface area contributed by atoms with Gasteiger partial charge >= 0.3 is 6.43 Å². The predicted octanol–water partition coefficient (Wildman–Crippen LogP) is 1.05. The standard InChI is InChI=1S/C10H18F2N2O/c1-13-5-3-8(4-6-13)7-14(2)10(15)9(11)12/h8-9H,3-7H2,1-2H3. The van der Waals surface area contributed by atoms with E-state index in [9.17, 15) is 13.6 Å². The fraction of sp³-hybridized carbons (Fsp3) is 0.900.